The van der Waals surface area contributed by atoms with E-state index in [0.29, 0.717) is 6.29 Å². The summed E-state index contributed by atoms with van der Waals surface area (Å²) in [5.74, 6) is 0. The van der Waals surface area contributed by atoms with E-state index in [2.05, 4.69) is 0 Å². The molecule has 0 aromatic heterocycles. The highest BCUT2D eigenvalue weighted by Gasteiger charge is 2.27. The zero-order valence-electron chi connectivity index (χ0n) is 10.4. The first-order valence-electron chi connectivity index (χ1n) is 5.42. The van der Waals surface area contributed by atoms with Crippen LogP contribution in [-0.4, -0.2) is 48.8 Å². The molecule has 1 atom stereocenters. The minimum Gasteiger partial charge on any atom is -0.444 e. The molecular weight excluding hydrogens is 232 g/mol. The van der Waals surface area contributed by atoms with E-state index in [4.69, 9.17) is 4.74 Å². The third-order valence-electron chi connectivity index (χ3n) is 1.92. The summed E-state index contributed by atoms with van der Waals surface area (Å²) in [5.41, 5.74) is -0.741. The fourth-order valence-electron chi connectivity index (χ4n) is 1.21. The number of aldehydes is 1. The Kier molecular flexibility index (Phi) is 6.68. The molecule has 0 saturated carbocycles. The van der Waals surface area contributed by atoms with Gasteiger partial charge in [0.05, 0.1) is 19.3 Å². The van der Waals surface area contributed by atoms with E-state index in [9.17, 15) is 18.4 Å². The van der Waals surface area contributed by atoms with E-state index in [1.807, 2.05) is 0 Å². The first-order chi connectivity index (χ1) is 7.85. The van der Waals surface area contributed by atoms with Crippen LogP contribution in [0.5, 0.6) is 0 Å². The smallest absolute Gasteiger partial charge is 0.410 e. The molecule has 0 unspecified atom stereocenters. The van der Waals surface area contributed by atoms with Crippen LogP contribution in [0.2, 0.25) is 0 Å². The Bertz CT molecular complexity index is 254. The molecule has 0 fully saturated rings. The minimum absolute atomic E-state index is 0.150. The van der Waals surface area contributed by atoms with Gasteiger partial charge in [-0.25, -0.2) is 9.18 Å². The van der Waals surface area contributed by atoms with Crippen molar-refractivity contribution in [2.75, 3.05) is 19.9 Å². The van der Waals surface area contributed by atoms with Gasteiger partial charge in [-0.05, 0) is 20.8 Å². The second-order valence-corrected chi connectivity index (χ2v) is 4.54. The lowest BCUT2D eigenvalue weighted by molar-refractivity contribution is -0.113. The van der Waals surface area contributed by atoms with E-state index in [1.165, 1.54) is 0 Å². The molecule has 0 N–H and O–H groups in total. The highest BCUT2D eigenvalue weighted by molar-refractivity contribution is 5.73. The topological polar surface area (TPSA) is 46.6 Å². The van der Waals surface area contributed by atoms with Gasteiger partial charge >= 0.3 is 6.09 Å². The number of nitrogens with zero attached hydrogens (tertiary/aromatic N) is 1. The molecule has 0 heterocycles. The van der Waals surface area contributed by atoms with Crippen molar-refractivity contribution < 1.29 is 23.1 Å². The number of rotatable bonds is 6. The van der Waals surface area contributed by atoms with Crippen molar-refractivity contribution in [3.63, 3.8) is 0 Å². The molecule has 100 valence electrons. The molecule has 17 heavy (non-hydrogen) atoms. The summed E-state index contributed by atoms with van der Waals surface area (Å²) in [6.45, 7) is 3.12. The Hall–Kier alpha value is -1.20. The van der Waals surface area contributed by atoms with Crippen LogP contribution < -0.4 is 0 Å². The lowest BCUT2D eigenvalue weighted by atomic mass is 10.2. The monoisotopic (exact) mass is 251 g/mol. The van der Waals surface area contributed by atoms with Crippen LogP contribution in [-0.2, 0) is 9.53 Å². The molecule has 1 amide bonds. The Balaban J connectivity index is 4.69. The van der Waals surface area contributed by atoms with E-state index >= 15 is 0 Å². The molecule has 0 saturated heterocycles. The van der Waals surface area contributed by atoms with E-state index < -0.39 is 31.1 Å². The van der Waals surface area contributed by atoms with Gasteiger partial charge in [0.15, 0.2) is 0 Å². The summed E-state index contributed by atoms with van der Waals surface area (Å²) in [7, 11) is 0. The number of carbonyl (C=O) groups is 2. The first-order valence-corrected chi connectivity index (χ1v) is 5.42. The lowest BCUT2D eigenvalue weighted by Crippen LogP contribution is -2.45. The second kappa shape index (κ2) is 7.19. The highest BCUT2D eigenvalue weighted by atomic mass is 19.1. The minimum atomic E-state index is -0.981. The summed E-state index contributed by atoms with van der Waals surface area (Å²) >= 11 is 0. The number of hydrogen-bond acceptors (Lipinski definition) is 3. The second-order valence-electron chi connectivity index (χ2n) is 4.54. The Morgan fingerprint density at radius 1 is 1.35 bits per heavy atom. The van der Waals surface area contributed by atoms with Gasteiger partial charge in [-0.15, -0.1) is 0 Å². The first kappa shape index (κ1) is 15.8. The van der Waals surface area contributed by atoms with Crippen molar-refractivity contribution >= 4 is 12.4 Å². The van der Waals surface area contributed by atoms with Crippen LogP contribution in [0, 0.1) is 0 Å². The zero-order chi connectivity index (χ0) is 13.5. The number of amides is 1. The number of hydrogen-bond donors (Lipinski definition) is 0. The molecule has 0 radical (unpaired) electrons. The molecule has 4 nitrogen and oxygen atoms in total. The number of halogens is 2. The SMILES string of the molecule is CC(C)(C)OC(=O)N(CCF)[C@H](C=O)CCF. The fourth-order valence-corrected chi connectivity index (χ4v) is 1.21. The number of alkyl halides is 2. The van der Waals surface area contributed by atoms with Gasteiger partial charge in [-0.3, -0.25) is 9.29 Å². The predicted molar refractivity (Wildman–Crippen MR) is 59.4 cm³/mol. The van der Waals surface area contributed by atoms with Crippen molar-refractivity contribution in [2.24, 2.45) is 0 Å². The predicted octanol–water partition coefficient (Wildman–Crippen LogP) is 2.12. The standard InChI is InChI=1S/C11H19F2NO3/c1-11(2,3)17-10(16)14(7-6-13)9(8-15)4-5-12/h8-9H,4-7H2,1-3H3/t9-/m0/s1. The van der Waals surface area contributed by atoms with Gasteiger partial charge in [0, 0.05) is 6.42 Å². The average Bonchev–Trinajstić information content (AvgIpc) is 2.20. The van der Waals surface area contributed by atoms with Gasteiger partial charge in [-0.2, -0.15) is 0 Å². The summed E-state index contributed by atoms with van der Waals surface area (Å²) < 4.78 is 29.5. The van der Waals surface area contributed by atoms with Crippen molar-refractivity contribution in [3.8, 4) is 0 Å². The van der Waals surface area contributed by atoms with E-state index in [0.717, 1.165) is 4.90 Å². The Labute approximate surface area is 99.9 Å². The van der Waals surface area contributed by atoms with E-state index in [-0.39, 0.29) is 13.0 Å². The van der Waals surface area contributed by atoms with Gasteiger partial charge in [0.2, 0.25) is 0 Å². The molecule has 0 aromatic rings. The third kappa shape index (κ3) is 6.19. The van der Waals surface area contributed by atoms with Crippen LogP contribution in [0.3, 0.4) is 0 Å². The van der Waals surface area contributed by atoms with Crippen LogP contribution in [0.25, 0.3) is 0 Å². The Morgan fingerprint density at radius 3 is 2.29 bits per heavy atom. The summed E-state index contributed by atoms with van der Waals surface area (Å²) in [5, 5.41) is 0. The van der Waals surface area contributed by atoms with E-state index in [1.54, 1.807) is 20.8 Å². The van der Waals surface area contributed by atoms with Crippen molar-refractivity contribution in [3.05, 3.63) is 0 Å². The summed E-state index contributed by atoms with van der Waals surface area (Å²) in [6, 6.07) is -0.981. The maximum atomic E-state index is 12.3. The van der Waals surface area contributed by atoms with Gasteiger partial charge in [0.25, 0.3) is 0 Å². The molecular formula is C11H19F2NO3. The molecule has 0 aromatic carbocycles. The summed E-state index contributed by atoms with van der Waals surface area (Å²) in [6.07, 6.45) is -0.525. The molecule has 0 aliphatic heterocycles. The van der Waals surface area contributed by atoms with Gasteiger partial charge < -0.3 is 9.53 Å². The molecule has 6 heteroatoms. The van der Waals surface area contributed by atoms with Crippen molar-refractivity contribution in [2.45, 2.75) is 38.8 Å². The lowest BCUT2D eigenvalue weighted by Gasteiger charge is -2.29. The quantitative estimate of drug-likeness (QED) is 0.679. The molecule has 0 bridgehead atoms. The van der Waals surface area contributed by atoms with Crippen molar-refractivity contribution in [1.29, 1.82) is 0 Å². The van der Waals surface area contributed by atoms with Crippen LogP contribution in [0.4, 0.5) is 13.6 Å². The van der Waals surface area contributed by atoms with Crippen molar-refractivity contribution in [1.82, 2.24) is 4.90 Å². The maximum Gasteiger partial charge on any atom is 0.410 e. The molecule has 0 spiro atoms. The number of ether oxygens (including phenoxy) is 1. The molecule has 0 aliphatic rings. The highest BCUT2D eigenvalue weighted by Crippen LogP contribution is 2.13. The van der Waals surface area contributed by atoms with Crippen LogP contribution in [0.15, 0.2) is 0 Å². The van der Waals surface area contributed by atoms with Gasteiger partial charge in [0.1, 0.15) is 18.6 Å². The summed E-state index contributed by atoms with van der Waals surface area (Å²) in [4.78, 5) is 23.3. The third-order valence-corrected chi connectivity index (χ3v) is 1.92. The zero-order valence-corrected chi connectivity index (χ0v) is 10.4. The normalized spacial score (nSPS) is 13.0. The van der Waals surface area contributed by atoms with Crippen LogP contribution in [0.1, 0.15) is 27.2 Å². The molecule has 0 aliphatic carbocycles. The largest absolute Gasteiger partial charge is 0.444 e. The van der Waals surface area contributed by atoms with Crippen LogP contribution >= 0.6 is 0 Å². The number of carbonyl (C=O) groups excluding carboxylic acids is 2. The fraction of sp³-hybridized carbons (Fsp3) is 0.818. The average molecular weight is 251 g/mol. The Morgan fingerprint density at radius 2 is 1.94 bits per heavy atom. The maximum absolute atomic E-state index is 12.3. The van der Waals surface area contributed by atoms with Gasteiger partial charge in [-0.1, -0.05) is 0 Å². The molecule has 0 rings (SSSR count).